The molecule has 0 saturated heterocycles. The summed E-state index contributed by atoms with van der Waals surface area (Å²) in [5.74, 6) is 0.475. The van der Waals surface area contributed by atoms with Crippen LogP contribution in [0.25, 0.3) is 31.7 Å². The predicted molar refractivity (Wildman–Crippen MR) is 76.6 cm³/mol. The zero-order valence-electron chi connectivity index (χ0n) is 10.1. The Kier molecular flexibility index (Phi) is 2.33. The average Bonchev–Trinajstić information content (AvgIpc) is 3.02. The Morgan fingerprint density at radius 3 is 2.95 bits per heavy atom. The third-order valence-electron chi connectivity index (χ3n) is 3.05. The molecule has 0 radical (unpaired) electrons. The minimum absolute atomic E-state index is 0.0211. The largest absolute Gasteiger partial charge is 0.288 e. The Morgan fingerprint density at radius 1 is 1.15 bits per heavy atom. The van der Waals surface area contributed by atoms with E-state index in [-0.39, 0.29) is 5.43 Å². The first-order valence-corrected chi connectivity index (χ1v) is 6.70. The van der Waals surface area contributed by atoms with E-state index in [1.807, 2.05) is 12.1 Å². The van der Waals surface area contributed by atoms with Crippen LogP contribution in [0.15, 0.2) is 41.3 Å². The van der Waals surface area contributed by atoms with Gasteiger partial charge in [-0.25, -0.2) is 4.98 Å². The van der Waals surface area contributed by atoms with Gasteiger partial charge in [-0.05, 0) is 35.5 Å². The maximum absolute atomic E-state index is 12.5. The summed E-state index contributed by atoms with van der Waals surface area (Å²) in [6.45, 7) is 0. The number of fused-ring (bicyclic) bond motifs is 2. The van der Waals surface area contributed by atoms with Crippen molar-refractivity contribution in [3.63, 3.8) is 0 Å². The summed E-state index contributed by atoms with van der Waals surface area (Å²) >= 11 is 1.50. The van der Waals surface area contributed by atoms with Crippen LogP contribution in [0.2, 0.25) is 0 Å². The summed E-state index contributed by atoms with van der Waals surface area (Å²) in [7, 11) is 0. The summed E-state index contributed by atoms with van der Waals surface area (Å²) in [6.07, 6.45) is 1.69. The van der Waals surface area contributed by atoms with Crippen LogP contribution in [0, 0.1) is 0 Å². The van der Waals surface area contributed by atoms with Crippen LogP contribution in [0.1, 0.15) is 0 Å². The number of tetrazole rings is 1. The number of H-pyrrole nitrogens is 1. The number of aromatic nitrogens is 5. The van der Waals surface area contributed by atoms with Gasteiger partial charge in [-0.1, -0.05) is 0 Å². The molecule has 0 amide bonds. The molecule has 0 spiro atoms. The summed E-state index contributed by atoms with van der Waals surface area (Å²) in [5.41, 5.74) is 0.742. The topological polar surface area (TPSA) is 84.4 Å². The smallest absolute Gasteiger partial charge is 0.204 e. The van der Waals surface area contributed by atoms with Crippen LogP contribution in [0.5, 0.6) is 0 Å². The van der Waals surface area contributed by atoms with Crippen molar-refractivity contribution in [2.45, 2.75) is 0 Å². The molecule has 0 unspecified atom stereocenters. The first-order chi connectivity index (χ1) is 9.83. The van der Waals surface area contributed by atoms with Crippen molar-refractivity contribution >= 4 is 31.6 Å². The van der Waals surface area contributed by atoms with E-state index in [4.69, 9.17) is 0 Å². The Morgan fingerprint density at radius 2 is 2.10 bits per heavy atom. The number of hydrogen-bond acceptors (Lipinski definition) is 6. The van der Waals surface area contributed by atoms with Crippen LogP contribution in [-0.4, -0.2) is 25.6 Å². The van der Waals surface area contributed by atoms with E-state index in [0.29, 0.717) is 16.6 Å². The molecule has 20 heavy (non-hydrogen) atoms. The van der Waals surface area contributed by atoms with Gasteiger partial charge in [0, 0.05) is 21.8 Å². The standard InChI is InChI=1S/C13H7N5OS/c19-11-8-2-1-5-14-13(8)20-10-4-3-7(6-9(10)11)12-15-17-18-16-12/h1-6H,(H,15,16,17,18). The van der Waals surface area contributed by atoms with Gasteiger partial charge in [0.2, 0.25) is 5.82 Å². The number of rotatable bonds is 1. The first kappa shape index (κ1) is 11.2. The fourth-order valence-corrected chi connectivity index (χ4v) is 3.10. The van der Waals surface area contributed by atoms with Gasteiger partial charge >= 0.3 is 0 Å². The number of aromatic amines is 1. The van der Waals surface area contributed by atoms with Crippen molar-refractivity contribution in [2.24, 2.45) is 0 Å². The van der Waals surface area contributed by atoms with Gasteiger partial charge in [0.1, 0.15) is 4.83 Å². The number of hydrogen-bond donors (Lipinski definition) is 1. The molecule has 0 aliphatic carbocycles. The third kappa shape index (κ3) is 1.60. The second-order valence-electron chi connectivity index (χ2n) is 4.23. The molecule has 1 N–H and O–H groups in total. The van der Waals surface area contributed by atoms with Gasteiger partial charge in [-0.3, -0.25) is 4.79 Å². The molecule has 0 aliphatic heterocycles. The lowest BCUT2D eigenvalue weighted by molar-refractivity contribution is 0.881. The van der Waals surface area contributed by atoms with Crippen molar-refractivity contribution in [1.29, 1.82) is 0 Å². The summed E-state index contributed by atoms with van der Waals surface area (Å²) in [5, 5.41) is 15.1. The minimum atomic E-state index is -0.0211. The molecule has 4 aromatic rings. The Balaban J connectivity index is 2.10. The second-order valence-corrected chi connectivity index (χ2v) is 5.26. The monoisotopic (exact) mass is 281 g/mol. The highest BCUT2D eigenvalue weighted by Crippen LogP contribution is 2.26. The van der Waals surface area contributed by atoms with E-state index >= 15 is 0 Å². The van der Waals surface area contributed by atoms with Gasteiger partial charge < -0.3 is 0 Å². The van der Waals surface area contributed by atoms with E-state index in [0.717, 1.165) is 15.1 Å². The number of pyridine rings is 1. The second kappa shape index (κ2) is 4.17. The molecule has 4 rings (SSSR count). The van der Waals surface area contributed by atoms with Crippen LogP contribution in [0.3, 0.4) is 0 Å². The highest BCUT2D eigenvalue weighted by atomic mass is 32.1. The predicted octanol–water partition coefficient (Wildman–Crippen LogP) is 1.99. The van der Waals surface area contributed by atoms with Crippen LogP contribution >= 0.6 is 11.3 Å². The lowest BCUT2D eigenvalue weighted by atomic mass is 10.1. The van der Waals surface area contributed by atoms with E-state index in [1.54, 1.807) is 24.4 Å². The normalized spacial score (nSPS) is 11.2. The molecule has 7 heteroatoms. The molecule has 96 valence electrons. The van der Waals surface area contributed by atoms with Crippen molar-refractivity contribution < 1.29 is 0 Å². The van der Waals surface area contributed by atoms with Crippen LogP contribution in [0.4, 0.5) is 0 Å². The van der Waals surface area contributed by atoms with Gasteiger partial charge in [-0.2, -0.15) is 5.21 Å². The average molecular weight is 281 g/mol. The number of nitrogens with zero attached hydrogens (tertiary/aromatic N) is 4. The van der Waals surface area contributed by atoms with Gasteiger partial charge in [0.25, 0.3) is 0 Å². The Labute approximate surface area is 116 Å². The fraction of sp³-hybridized carbons (Fsp3) is 0. The van der Waals surface area contributed by atoms with Gasteiger partial charge in [0.05, 0.1) is 5.39 Å². The van der Waals surface area contributed by atoms with Crippen molar-refractivity contribution in [1.82, 2.24) is 25.6 Å². The summed E-state index contributed by atoms with van der Waals surface area (Å²) in [4.78, 5) is 17.5. The molecule has 3 aromatic heterocycles. The minimum Gasteiger partial charge on any atom is -0.288 e. The molecule has 6 nitrogen and oxygen atoms in total. The fourth-order valence-electron chi connectivity index (χ4n) is 2.11. The molecule has 0 saturated carbocycles. The van der Waals surface area contributed by atoms with E-state index in [1.165, 1.54) is 11.3 Å². The van der Waals surface area contributed by atoms with Crippen LogP contribution < -0.4 is 5.43 Å². The number of nitrogens with one attached hydrogen (secondary N) is 1. The molecule has 0 fully saturated rings. The molecule has 0 atom stereocenters. The third-order valence-corrected chi connectivity index (χ3v) is 4.14. The molecule has 0 aliphatic rings. The SMILES string of the molecule is O=c1c2cc(-c3nn[nH]n3)ccc2sc2ncccc12. The van der Waals surface area contributed by atoms with E-state index in [2.05, 4.69) is 25.6 Å². The first-order valence-electron chi connectivity index (χ1n) is 5.88. The summed E-state index contributed by atoms with van der Waals surface area (Å²) in [6, 6.07) is 9.12. The Hall–Kier alpha value is -2.67. The van der Waals surface area contributed by atoms with Crippen molar-refractivity contribution in [3.8, 4) is 11.4 Å². The molecule has 0 bridgehead atoms. The molecular weight excluding hydrogens is 274 g/mol. The van der Waals surface area contributed by atoms with Gasteiger partial charge in [0.15, 0.2) is 5.43 Å². The zero-order valence-corrected chi connectivity index (χ0v) is 10.9. The molecule has 1 aromatic carbocycles. The lowest BCUT2D eigenvalue weighted by Gasteiger charge is -2.01. The highest BCUT2D eigenvalue weighted by Gasteiger charge is 2.09. The quantitative estimate of drug-likeness (QED) is 0.539. The maximum Gasteiger partial charge on any atom is 0.204 e. The Bertz CT molecular complexity index is 977. The maximum atomic E-state index is 12.5. The van der Waals surface area contributed by atoms with Crippen molar-refractivity contribution in [2.75, 3.05) is 0 Å². The van der Waals surface area contributed by atoms with E-state index in [9.17, 15) is 4.79 Å². The van der Waals surface area contributed by atoms with E-state index < -0.39 is 0 Å². The van der Waals surface area contributed by atoms with Crippen LogP contribution in [-0.2, 0) is 0 Å². The zero-order chi connectivity index (χ0) is 13.5. The number of benzene rings is 1. The van der Waals surface area contributed by atoms with Gasteiger partial charge in [-0.15, -0.1) is 21.5 Å². The summed E-state index contributed by atoms with van der Waals surface area (Å²) < 4.78 is 0.897. The highest BCUT2D eigenvalue weighted by molar-refractivity contribution is 7.24. The van der Waals surface area contributed by atoms with Crippen molar-refractivity contribution in [3.05, 3.63) is 46.8 Å². The molecular formula is C13H7N5OS. The lowest BCUT2D eigenvalue weighted by Crippen LogP contribution is -2.01. The molecule has 3 heterocycles.